The Hall–Kier alpha value is -1.40. The third-order valence-corrected chi connectivity index (χ3v) is 3.96. The summed E-state index contributed by atoms with van der Waals surface area (Å²) in [6.45, 7) is 6.80. The molecule has 1 fully saturated rings. The van der Waals surface area contributed by atoms with Crippen LogP contribution in [0.4, 0.5) is 5.82 Å². The number of aromatic nitrogens is 2. The number of hydrogen-bond donors (Lipinski definition) is 2. The normalized spacial score (nSPS) is 22.1. The highest BCUT2D eigenvalue weighted by Gasteiger charge is 2.25. The maximum atomic E-state index is 12.2. The van der Waals surface area contributed by atoms with E-state index in [2.05, 4.69) is 33.9 Å². The Bertz CT molecular complexity index is 525. The minimum atomic E-state index is -0.109. The summed E-state index contributed by atoms with van der Waals surface area (Å²) in [7, 11) is 4.16. The van der Waals surface area contributed by atoms with Crippen molar-refractivity contribution in [1.29, 1.82) is 0 Å². The number of rotatable bonds is 2. The lowest BCUT2D eigenvalue weighted by atomic mass is 10.1. The van der Waals surface area contributed by atoms with Crippen LogP contribution in [0, 0.1) is 0 Å². The molecule has 112 valence electrons. The summed E-state index contributed by atoms with van der Waals surface area (Å²) < 4.78 is 0. The van der Waals surface area contributed by atoms with Crippen LogP contribution in [0.1, 0.15) is 43.6 Å². The summed E-state index contributed by atoms with van der Waals surface area (Å²) in [6, 6.07) is 0.0821. The van der Waals surface area contributed by atoms with Crippen molar-refractivity contribution in [3.8, 4) is 0 Å². The largest absolute Gasteiger partial charge is 0.383 e. The number of nitrogens with one attached hydrogen (secondary N) is 1. The van der Waals surface area contributed by atoms with E-state index in [4.69, 9.17) is 5.73 Å². The van der Waals surface area contributed by atoms with E-state index in [0.717, 1.165) is 26.1 Å². The van der Waals surface area contributed by atoms with Gasteiger partial charge in [-0.25, -0.2) is 4.98 Å². The molecule has 2 heterocycles. The van der Waals surface area contributed by atoms with Gasteiger partial charge in [0.05, 0.1) is 11.6 Å². The Kier molecular flexibility index (Phi) is 4.45. The Balaban J connectivity index is 2.39. The van der Waals surface area contributed by atoms with Crippen LogP contribution in [0.5, 0.6) is 0 Å². The monoisotopic (exact) mass is 279 g/mol. The molecule has 20 heavy (non-hydrogen) atoms. The fraction of sp³-hybridized carbons (Fsp3) is 0.714. The van der Waals surface area contributed by atoms with Gasteiger partial charge in [0.25, 0.3) is 5.56 Å². The van der Waals surface area contributed by atoms with Crippen molar-refractivity contribution in [2.75, 3.05) is 39.5 Å². The van der Waals surface area contributed by atoms with Crippen molar-refractivity contribution in [3.63, 3.8) is 0 Å². The molecule has 0 saturated carbocycles. The molecule has 1 saturated heterocycles. The van der Waals surface area contributed by atoms with Crippen LogP contribution in [0.3, 0.4) is 0 Å². The molecule has 1 aromatic rings. The third-order valence-electron chi connectivity index (χ3n) is 3.96. The first-order valence-corrected chi connectivity index (χ1v) is 7.18. The van der Waals surface area contributed by atoms with E-state index in [-0.39, 0.29) is 17.5 Å². The Morgan fingerprint density at radius 1 is 1.35 bits per heavy atom. The number of anilines is 1. The molecule has 1 aliphatic rings. The number of nitrogens with zero attached hydrogens (tertiary/aromatic N) is 3. The van der Waals surface area contributed by atoms with Crippen LogP contribution < -0.4 is 11.3 Å². The first kappa shape index (κ1) is 15.0. The summed E-state index contributed by atoms with van der Waals surface area (Å²) in [4.78, 5) is 24.1. The molecular formula is C14H25N5O. The van der Waals surface area contributed by atoms with Crippen molar-refractivity contribution in [1.82, 2.24) is 19.8 Å². The summed E-state index contributed by atoms with van der Waals surface area (Å²) in [5.41, 5.74) is 6.46. The lowest BCUT2D eigenvalue weighted by Gasteiger charge is -2.26. The average molecular weight is 279 g/mol. The van der Waals surface area contributed by atoms with E-state index < -0.39 is 0 Å². The zero-order valence-corrected chi connectivity index (χ0v) is 12.8. The van der Waals surface area contributed by atoms with Gasteiger partial charge >= 0.3 is 0 Å². The van der Waals surface area contributed by atoms with Crippen LogP contribution in [-0.2, 0) is 0 Å². The molecule has 0 radical (unpaired) electrons. The van der Waals surface area contributed by atoms with Crippen molar-refractivity contribution in [3.05, 3.63) is 21.7 Å². The van der Waals surface area contributed by atoms with Crippen LogP contribution in [0.25, 0.3) is 0 Å². The van der Waals surface area contributed by atoms with Crippen LogP contribution in [0.2, 0.25) is 0 Å². The summed E-state index contributed by atoms with van der Waals surface area (Å²) >= 11 is 0. The van der Waals surface area contributed by atoms with E-state index >= 15 is 0 Å². The second kappa shape index (κ2) is 5.93. The molecule has 1 atom stereocenters. The number of likely N-dealkylation sites (N-methyl/N-ethyl adjacent to an activating group) is 2. The van der Waals surface area contributed by atoms with E-state index in [1.165, 1.54) is 0 Å². The Labute approximate surface area is 120 Å². The predicted octanol–water partition coefficient (Wildman–Crippen LogP) is 0.784. The average Bonchev–Trinajstić information content (AvgIpc) is 2.49. The number of H-pyrrole nitrogens is 1. The first-order chi connectivity index (χ1) is 9.40. The molecule has 3 N–H and O–H groups in total. The van der Waals surface area contributed by atoms with Crippen LogP contribution in [-0.4, -0.2) is 53.5 Å². The number of hydrogen-bond acceptors (Lipinski definition) is 5. The minimum absolute atomic E-state index is 0.0786. The molecular weight excluding hydrogens is 254 g/mol. The lowest BCUT2D eigenvalue weighted by molar-refractivity contribution is 0.219. The van der Waals surface area contributed by atoms with E-state index in [1.54, 1.807) is 0 Å². The summed E-state index contributed by atoms with van der Waals surface area (Å²) in [6.07, 6.45) is 1.12. The quantitative estimate of drug-likeness (QED) is 0.836. The van der Waals surface area contributed by atoms with Gasteiger partial charge in [0.2, 0.25) is 0 Å². The highest BCUT2D eigenvalue weighted by molar-refractivity contribution is 5.40. The van der Waals surface area contributed by atoms with Crippen LogP contribution >= 0.6 is 0 Å². The van der Waals surface area contributed by atoms with Gasteiger partial charge in [-0.3, -0.25) is 9.69 Å². The second-order valence-electron chi connectivity index (χ2n) is 6.02. The lowest BCUT2D eigenvalue weighted by Crippen LogP contribution is -2.34. The molecule has 0 spiro atoms. The van der Waals surface area contributed by atoms with Crippen molar-refractivity contribution < 1.29 is 0 Å². The molecule has 1 aromatic heterocycles. The fourth-order valence-corrected chi connectivity index (χ4v) is 2.80. The van der Waals surface area contributed by atoms with E-state index in [9.17, 15) is 4.79 Å². The maximum Gasteiger partial charge on any atom is 0.256 e. The molecule has 6 heteroatoms. The van der Waals surface area contributed by atoms with Gasteiger partial charge in [-0.1, -0.05) is 13.8 Å². The topological polar surface area (TPSA) is 78.2 Å². The Morgan fingerprint density at radius 3 is 2.65 bits per heavy atom. The second-order valence-corrected chi connectivity index (χ2v) is 6.02. The maximum absolute atomic E-state index is 12.2. The van der Waals surface area contributed by atoms with E-state index in [0.29, 0.717) is 17.2 Å². The number of nitrogen functional groups attached to an aromatic ring is 1. The third kappa shape index (κ3) is 3.02. The van der Waals surface area contributed by atoms with Crippen molar-refractivity contribution >= 4 is 5.82 Å². The zero-order chi connectivity index (χ0) is 14.9. The first-order valence-electron chi connectivity index (χ1n) is 7.18. The smallest absolute Gasteiger partial charge is 0.256 e. The van der Waals surface area contributed by atoms with Crippen LogP contribution in [0.15, 0.2) is 4.79 Å². The van der Waals surface area contributed by atoms with Gasteiger partial charge in [-0.05, 0) is 39.5 Å². The number of nitrogens with two attached hydrogens (primary N) is 1. The van der Waals surface area contributed by atoms with Gasteiger partial charge in [0.15, 0.2) is 0 Å². The number of aromatic amines is 1. The van der Waals surface area contributed by atoms with Crippen molar-refractivity contribution in [2.45, 2.75) is 32.2 Å². The molecule has 0 bridgehead atoms. The molecule has 0 aromatic carbocycles. The Morgan fingerprint density at radius 2 is 2.05 bits per heavy atom. The highest BCUT2D eigenvalue weighted by Crippen LogP contribution is 2.22. The molecule has 0 aliphatic carbocycles. The standard InChI is InChI=1S/C14H25N5O/c1-9(2)11-12(15)16-13(17-14(11)20)10-8-18(3)6-5-7-19(10)4/h9-10H,5-8H2,1-4H3,(H3,15,16,17,20). The van der Waals surface area contributed by atoms with Gasteiger partial charge < -0.3 is 15.6 Å². The van der Waals surface area contributed by atoms with Gasteiger partial charge in [-0.15, -0.1) is 0 Å². The molecule has 1 unspecified atom stereocenters. The fourth-order valence-electron chi connectivity index (χ4n) is 2.80. The summed E-state index contributed by atoms with van der Waals surface area (Å²) in [5, 5.41) is 0. The molecule has 1 aliphatic heterocycles. The molecule has 2 rings (SSSR count). The van der Waals surface area contributed by atoms with E-state index in [1.807, 2.05) is 13.8 Å². The van der Waals surface area contributed by atoms with Crippen molar-refractivity contribution in [2.24, 2.45) is 0 Å². The predicted molar refractivity (Wildman–Crippen MR) is 80.8 cm³/mol. The minimum Gasteiger partial charge on any atom is -0.383 e. The molecule has 0 amide bonds. The zero-order valence-electron chi connectivity index (χ0n) is 12.8. The highest BCUT2D eigenvalue weighted by atomic mass is 16.1. The molecule has 6 nitrogen and oxygen atoms in total. The summed E-state index contributed by atoms with van der Waals surface area (Å²) in [5.74, 6) is 1.11. The van der Waals surface area contributed by atoms with Gasteiger partial charge in [0.1, 0.15) is 11.6 Å². The SMILES string of the molecule is CC(C)c1c(N)nc(C2CN(C)CCCN2C)[nH]c1=O. The van der Waals surface area contributed by atoms with Gasteiger partial charge in [-0.2, -0.15) is 0 Å². The van der Waals surface area contributed by atoms with Gasteiger partial charge in [0, 0.05) is 6.54 Å².